The summed E-state index contributed by atoms with van der Waals surface area (Å²) in [5.41, 5.74) is 5.46. The molecule has 1 aliphatic carbocycles. The molecule has 1 aromatic heterocycles. The Balaban J connectivity index is 1.83. The van der Waals surface area contributed by atoms with Crippen LogP contribution >= 0.6 is 23.1 Å². The van der Waals surface area contributed by atoms with Gasteiger partial charge in [-0.15, -0.1) is 10.2 Å². The van der Waals surface area contributed by atoms with E-state index in [0.717, 1.165) is 9.35 Å². The van der Waals surface area contributed by atoms with Crippen molar-refractivity contribution in [1.82, 2.24) is 10.2 Å². The summed E-state index contributed by atoms with van der Waals surface area (Å²) in [4.78, 5) is 0. The number of fused-ring (bicyclic) bond motifs is 3. The first-order valence-corrected chi connectivity index (χ1v) is 8.17. The lowest BCUT2D eigenvalue weighted by Crippen LogP contribution is -1.90. The van der Waals surface area contributed by atoms with E-state index in [1.54, 1.807) is 23.1 Å². The number of thioether (sulfide) groups is 1. The number of hydrogen-bond donors (Lipinski definition) is 0. The average molecular weight is 296 g/mol. The number of nitrogens with zero attached hydrogens (tertiary/aromatic N) is 2. The maximum Gasteiger partial charge on any atom is 0.175 e. The third-order valence-corrected chi connectivity index (χ3v) is 5.70. The largest absolute Gasteiger partial charge is 0.175 e. The van der Waals surface area contributed by atoms with Crippen LogP contribution in [0.1, 0.15) is 21.4 Å². The van der Waals surface area contributed by atoms with Gasteiger partial charge in [0.2, 0.25) is 0 Å². The number of rotatable bonds is 2. The van der Waals surface area contributed by atoms with Crippen molar-refractivity contribution in [2.75, 3.05) is 0 Å². The summed E-state index contributed by atoms with van der Waals surface area (Å²) in [6, 6.07) is 17.3. The Morgan fingerprint density at radius 2 is 1.50 bits per heavy atom. The van der Waals surface area contributed by atoms with Crippen LogP contribution < -0.4 is 0 Å². The van der Waals surface area contributed by atoms with Gasteiger partial charge in [0.05, 0.1) is 5.25 Å². The zero-order chi connectivity index (χ0) is 13.5. The molecular formula is C16H12N2S2. The van der Waals surface area contributed by atoms with Crippen LogP contribution in [-0.4, -0.2) is 10.2 Å². The molecule has 2 nitrogen and oxygen atoms in total. The standard InChI is InChI=1S/C16H12N2S2/c1-10-17-18-16(19-10)20-15-13-8-4-2-6-11(13)12-7-3-5-9-14(12)15/h2-9,15H,1H3. The monoisotopic (exact) mass is 296 g/mol. The first-order valence-electron chi connectivity index (χ1n) is 6.48. The zero-order valence-electron chi connectivity index (χ0n) is 10.9. The molecule has 20 heavy (non-hydrogen) atoms. The topological polar surface area (TPSA) is 25.8 Å². The summed E-state index contributed by atoms with van der Waals surface area (Å²) in [5.74, 6) is 0. The van der Waals surface area contributed by atoms with Gasteiger partial charge in [-0.25, -0.2) is 0 Å². The van der Waals surface area contributed by atoms with Crippen LogP contribution in [0.15, 0.2) is 52.9 Å². The van der Waals surface area contributed by atoms with Gasteiger partial charge in [-0.1, -0.05) is 71.6 Å². The highest BCUT2D eigenvalue weighted by Crippen LogP contribution is 2.52. The number of aryl methyl sites for hydroxylation is 1. The Bertz CT molecular complexity index is 734. The van der Waals surface area contributed by atoms with Gasteiger partial charge in [-0.2, -0.15) is 0 Å². The van der Waals surface area contributed by atoms with E-state index in [1.807, 2.05) is 6.92 Å². The lowest BCUT2D eigenvalue weighted by Gasteiger charge is -2.10. The molecule has 98 valence electrons. The molecule has 4 heteroatoms. The molecule has 0 saturated carbocycles. The Morgan fingerprint density at radius 1 is 0.900 bits per heavy atom. The van der Waals surface area contributed by atoms with Crippen molar-refractivity contribution in [3.8, 4) is 11.1 Å². The molecule has 0 saturated heterocycles. The molecule has 1 aliphatic rings. The minimum atomic E-state index is 0.328. The second-order valence-corrected chi connectivity index (χ2v) is 7.29. The SMILES string of the molecule is Cc1nnc(SC2c3ccccc3-c3ccccc32)s1. The first-order chi connectivity index (χ1) is 9.83. The molecule has 0 bridgehead atoms. The number of aromatic nitrogens is 2. The maximum atomic E-state index is 4.26. The summed E-state index contributed by atoms with van der Waals surface area (Å²) in [7, 11) is 0. The minimum Gasteiger partial charge on any atom is -0.143 e. The summed E-state index contributed by atoms with van der Waals surface area (Å²) in [5, 5.41) is 9.72. The highest BCUT2D eigenvalue weighted by molar-refractivity contribution is 8.01. The minimum absolute atomic E-state index is 0.328. The molecule has 1 heterocycles. The normalized spacial score (nSPS) is 13.2. The molecule has 0 radical (unpaired) electrons. The number of benzene rings is 2. The van der Waals surface area contributed by atoms with Crippen molar-refractivity contribution in [3.05, 3.63) is 64.7 Å². The van der Waals surface area contributed by atoms with Crippen LogP contribution in [0.2, 0.25) is 0 Å². The smallest absolute Gasteiger partial charge is 0.143 e. The van der Waals surface area contributed by atoms with Crippen molar-refractivity contribution in [2.24, 2.45) is 0 Å². The zero-order valence-corrected chi connectivity index (χ0v) is 12.5. The van der Waals surface area contributed by atoms with Crippen molar-refractivity contribution in [2.45, 2.75) is 16.5 Å². The molecule has 0 fully saturated rings. The highest BCUT2D eigenvalue weighted by Gasteiger charge is 2.29. The highest BCUT2D eigenvalue weighted by atomic mass is 32.2. The molecule has 0 aliphatic heterocycles. The predicted octanol–water partition coefficient (Wildman–Crippen LogP) is 4.71. The van der Waals surface area contributed by atoms with Gasteiger partial charge in [0.1, 0.15) is 5.01 Å². The van der Waals surface area contributed by atoms with E-state index in [1.165, 1.54) is 22.3 Å². The van der Waals surface area contributed by atoms with E-state index in [9.17, 15) is 0 Å². The van der Waals surface area contributed by atoms with Crippen molar-refractivity contribution >= 4 is 23.1 Å². The molecule has 3 aromatic rings. The van der Waals surface area contributed by atoms with Gasteiger partial charge in [0, 0.05) is 0 Å². The van der Waals surface area contributed by atoms with E-state index in [2.05, 4.69) is 58.7 Å². The summed E-state index contributed by atoms with van der Waals surface area (Å²) in [6.45, 7) is 2.00. The van der Waals surface area contributed by atoms with Gasteiger partial charge in [-0.05, 0) is 29.2 Å². The van der Waals surface area contributed by atoms with Crippen LogP contribution in [0.5, 0.6) is 0 Å². The fourth-order valence-corrected chi connectivity index (χ4v) is 4.88. The van der Waals surface area contributed by atoms with E-state index >= 15 is 0 Å². The van der Waals surface area contributed by atoms with Gasteiger partial charge >= 0.3 is 0 Å². The molecule has 0 spiro atoms. The summed E-state index contributed by atoms with van der Waals surface area (Å²) in [6.07, 6.45) is 0. The second kappa shape index (κ2) is 4.72. The van der Waals surface area contributed by atoms with E-state index < -0.39 is 0 Å². The Labute approximate surface area is 125 Å². The number of hydrogen-bond acceptors (Lipinski definition) is 4. The molecule has 0 N–H and O–H groups in total. The van der Waals surface area contributed by atoms with Gasteiger partial charge in [0.25, 0.3) is 0 Å². The lowest BCUT2D eigenvalue weighted by molar-refractivity contribution is 0.981. The van der Waals surface area contributed by atoms with Crippen LogP contribution in [0.3, 0.4) is 0 Å². The van der Waals surface area contributed by atoms with Crippen LogP contribution in [-0.2, 0) is 0 Å². The third-order valence-electron chi connectivity index (χ3n) is 3.50. The second-order valence-electron chi connectivity index (χ2n) is 4.76. The molecule has 0 unspecified atom stereocenters. The van der Waals surface area contributed by atoms with Gasteiger partial charge in [-0.3, -0.25) is 0 Å². The maximum absolute atomic E-state index is 4.26. The first kappa shape index (κ1) is 12.1. The van der Waals surface area contributed by atoms with Gasteiger partial charge in [0.15, 0.2) is 4.34 Å². The third kappa shape index (κ3) is 1.87. The average Bonchev–Trinajstić information content (AvgIpc) is 3.03. The fourth-order valence-electron chi connectivity index (χ4n) is 2.66. The van der Waals surface area contributed by atoms with E-state index in [0.29, 0.717) is 5.25 Å². The predicted molar refractivity (Wildman–Crippen MR) is 84.2 cm³/mol. The van der Waals surface area contributed by atoms with Crippen molar-refractivity contribution < 1.29 is 0 Å². The lowest BCUT2D eigenvalue weighted by atomic mass is 10.1. The van der Waals surface area contributed by atoms with Crippen LogP contribution in [0.4, 0.5) is 0 Å². The van der Waals surface area contributed by atoms with Crippen LogP contribution in [0.25, 0.3) is 11.1 Å². The van der Waals surface area contributed by atoms with Crippen molar-refractivity contribution in [3.63, 3.8) is 0 Å². The quantitative estimate of drug-likeness (QED) is 0.685. The summed E-state index contributed by atoms with van der Waals surface area (Å²) < 4.78 is 1.04. The van der Waals surface area contributed by atoms with E-state index in [4.69, 9.17) is 0 Å². The van der Waals surface area contributed by atoms with Crippen LogP contribution in [0, 0.1) is 6.92 Å². The van der Waals surface area contributed by atoms with Gasteiger partial charge < -0.3 is 0 Å². The molecular weight excluding hydrogens is 284 g/mol. The molecule has 0 amide bonds. The molecule has 2 aromatic carbocycles. The van der Waals surface area contributed by atoms with E-state index in [-0.39, 0.29) is 0 Å². The van der Waals surface area contributed by atoms with Crippen molar-refractivity contribution in [1.29, 1.82) is 0 Å². The summed E-state index contributed by atoms with van der Waals surface area (Å²) >= 11 is 3.47. The fraction of sp³-hybridized carbons (Fsp3) is 0.125. The molecule has 0 atom stereocenters. The Morgan fingerprint density at radius 3 is 2.05 bits per heavy atom. The molecule has 4 rings (SSSR count). The Kier molecular flexibility index (Phi) is 2.86. The Hall–Kier alpha value is -1.65.